The molecule has 0 aliphatic carbocycles. The highest BCUT2D eigenvalue weighted by Gasteiger charge is 2.32. The van der Waals surface area contributed by atoms with Gasteiger partial charge in [0.25, 0.3) is 5.91 Å². The van der Waals surface area contributed by atoms with Crippen molar-refractivity contribution in [1.29, 1.82) is 0 Å². The second kappa shape index (κ2) is 9.00. The minimum atomic E-state index is -0.285. The Kier molecular flexibility index (Phi) is 5.92. The van der Waals surface area contributed by atoms with Gasteiger partial charge in [-0.25, -0.2) is 9.37 Å². The zero-order valence-corrected chi connectivity index (χ0v) is 19.4. The van der Waals surface area contributed by atoms with Crippen LogP contribution in [0.1, 0.15) is 47.9 Å². The molecule has 1 aromatic heterocycles. The molecule has 0 radical (unpaired) electrons. The molecule has 2 aromatic carbocycles. The summed E-state index contributed by atoms with van der Waals surface area (Å²) in [7, 11) is 0. The molecule has 6 heteroatoms. The van der Waals surface area contributed by atoms with E-state index in [0.29, 0.717) is 24.6 Å². The van der Waals surface area contributed by atoms with E-state index in [1.165, 1.54) is 23.4 Å². The number of nitrogens with zero attached hydrogens (tertiary/aromatic N) is 4. The maximum atomic E-state index is 13.9. The Bertz CT molecular complexity index is 1170. The van der Waals surface area contributed by atoms with Crippen LogP contribution in [0, 0.1) is 12.7 Å². The first-order valence-corrected chi connectivity index (χ1v) is 12.0. The smallest absolute Gasteiger partial charge is 0.274 e. The van der Waals surface area contributed by atoms with Crippen molar-refractivity contribution in [2.45, 2.75) is 52.1 Å². The average molecular weight is 447 g/mol. The van der Waals surface area contributed by atoms with Crippen LogP contribution in [0.4, 0.5) is 10.1 Å². The first-order valence-electron chi connectivity index (χ1n) is 12.0. The van der Waals surface area contributed by atoms with Gasteiger partial charge in [-0.05, 0) is 62.9 Å². The summed E-state index contributed by atoms with van der Waals surface area (Å²) >= 11 is 0. The number of hydrogen-bond acceptors (Lipinski definition) is 3. The van der Waals surface area contributed by atoms with E-state index >= 15 is 0 Å². The Hall–Kier alpha value is -3.15. The summed E-state index contributed by atoms with van der Waals surface area (Å²) in [5.74, 6) is 0.424. The van der Waals surface area contributed by atoms with E-state index < -0.39 is 0 Å². The molecule has 1 saturated heterocycles. The van der Waals surface area contributed by atoms with Gasteiger partial charge in [-0.3, -0.25) is 4.79 Å². The van der Waals surface area contributed by atoms with E-state index in [0.717, 1.165) is 50.0 Å². The van der Waals surface area contributed by atoms with E-state index in [9.17, 15) is 9.18 Å². The van der Waals surface area contributed by atoms with E-state index in [-0.39, 0.29) is 17.8 Å². The summed E-state index contributed by atoms with van der Waals surface area (Å²) in [6.07, 6.45) is 4.06. The molecule has 1 atom stereocenters. The number of rotatable bonds is 3. The number of halogens is 1. The van der Waals surface area contributed by atoms with Gasteiger partial charge < -0.3 is 14.4 Å². The van der Waals surface area contributed by atoms with Crippen molar-refractivity contribution in [3.63, 3.8) is 0 Å². The zero-order chi connectivity index (χ0) is 22.9. The van der Waals surface area contributed by atoms with Crippen LogP contribution in [0.2, 0.25) is 0 Å². The fourth-order valence-electron chi connectivity index (χ4n) is 5.22. The predicted octanol–water partition coefficient (Wildman–Crippen LogP) is 5.07. The molecule has 0 N–H and O–H groups in total. The lowest BCUT2D eigenvalue weighted by Gasteiger charge is -2.41. The van der Waals surface area contributed by atoms with Crippen molar-refractivity contribution in [2.75, 3.05) is 24.5 Å². The third-order valence-electron chi connectivity index (χ3n) is 6.90. The lowest BCUT2D eigenvalue weighted by atomic mass is 10.1. The van der Waals surface area contributed by atoms with Crippen molar-refractivity contribution >= 4 is 11.6 Å². The van der Waals surface area contributed by atoms with Gasteiger partial charge in [0.15, 0.2) is 0 Å². The zero-order valence-electron chi connectivity index (χ0n) is 19.4. The topological polar surface area (TPSA) is 41.4 Å². The number of fused-ring (bicyclic) bond motifs is 1. The van der Waals surface area contributed by atoms with E-state index in [4.69, 9.17) is 4.98 Å². The van der Waals surface area contributed by atoms with E-state index in [1.54, 1.807) is 6.07 Å². The number of aromatic nitrogens is 2. The highest BCUT2D eigenvalue weighted by Crippen LogP contribution is 2.29. The van der Waals surface area contributed by atoms with Crippen LogP contribution in [0.5, 0.6) is 0 Å². The van der Waals surface area contributed by atoms with Gasteiger partial charge in [-0.2, -0.15) is 0 Å². The largest absolute Gasteiger partial charge is 0.365 e. The summed E-state index contributed by atoms with van der Waals surface area (Å²) in [5.41, 5.74) is 4.73. The number of benzene rings is 2. The van der Waals surface area contributed by atoms with Gasteiger partial charge in [-0.1, -0.05) is 30.7 Å². The SMILES string of the molecule is Cc1cccc(N2CCN(C(=O)c3nc(-c4cccc(F)c4)n4c3CCCCC4)CC2C)c1. The molecule has 2 aliphatic heterocycles. The van der Waals surface area contributed by atoms with Gasteiger partial charge in [0, 0.05) is 43.5 Å². The van der Waals surface area contributed by atoms with E-state index in [2.05, 4.69) is 47.6 Å². The van der Waals surface area contributed by atoms with Gasteiger partial charge in [0.05, 0.1) is 5.69 Å². The lowest BCUT2D eigenvalue weighted by Crippen LogP contribution is -2.54. The second-order valence-corrected chi connectivity index (χ2v) is 9.34. The third kappa shape index (κ3) is 4.26. The summed E-state index contributed by atoms with van der Waals surface area (Å²) in [6.45, 7) is 7.22. The molecule has 5 nitrogen and oxygen atoms in total. The Morgan fingerprint density at radius 1 is 1.03 bits per heavy atom. The Labute approximate surface area is 194 Å². The maximum Gasteiger partial charge on any atom is 0.274 e. The first kappa shape index (κ1) is 21.7. The first-order chi connectivity index (χ1) is 16.0. The normalized spacial score (nSPS) is 18.7. The van der Waals surface area contributed by atoms with Crippen molar-refractivity contribution < 1.29 is 9.18 Å². The quantitative estimate of drug-likeness (QED) is 0.564. The van der Waals surface area contributed by atoms with Gasteiger partial charge in [0.1, 0.15) is 17.3 Å². The molecule has 1 amide bonds. The van der Waals surface area contributed by atoms with Crippen molar-refractivity contribution in [3.05, 3.63) is 71.3 Å². The van der Waals surface area contributed by atoms with Gasteiger partial charge >= 0.3 is 0 Å². The molecule has 33 heavy (non-hydrogen) atoms. The molecule has 172 valence electrons. The number of amides is 1. The van der Waals surface area contributed by atoms with E-state index in [1.807, 2.05) is 11.0 Å². The second-order valence-electron chi connectivity index (χ2n) is 9.34. The molecule has 3 aromatic rings. The molecule has 1 unspecified atom stereocenters. The number of piperazine rings is 1. The van der Waals surface area contributed by atoms with Crippen molar-refractivity contribution in [3.8, 4) is 11.4 Å². The molecule has 0 bridgehead atoms. The molecule has 0 spiro atoms. The Morgan fingerprint density at radius 3 is 2.67 bits per heavy atom. The average Bonchev–Trinajstić information content (AvgIpc) is 2.99. The highest BCUT2D eigenvalue weighted by molar-refractivity contribution is 5.94. The van der Waals surface area contributed by atoms with Crippen LogP contribution in [-0.2, 0) is 13.0 Å². The number of hydrogen-bond donors (Lipinski definition) is 0. The van der Waals surface area contributed by atoms with Gasteiger partial charge in [0.2, 0.25) is 0 Å². The maximum absolute atomic E-state index is 13.9. The molecule has 2 aliphatic rings. The van der Waals surface area contributed by atoms with Crippen LogP contribution in [0.15, 0.2) is 48.5 Å². The van der Waals surface area contributed by atoms with Crippen LogP contribution in [0.25, 0.3) is 11.4 Å². The number of anilines is 1. The lowest BCUT2D eigenvalue weighted by molar-refractivity contribution is 0.0719. The molecule has 0 saturated carbocycles. The number of carbonyl (C=O) groups excluding carboxylic acids is 1. The number of imidazole rings is 1. The Morgan fingerprint density at radius 2 is 1.88 bits per heavy atom. The molecule has 3 heterocycles. The monoisotopic (exact) mass is 446 g/mol. The van der Waals surface area contributed by atoms with Crippen LogP contribution in [-0.4, -0.2) is 46.0 Å². The summed E-state index contributed by atoms with van der Waals surface area (Å²) in [6, 6.07) is 15.3. The molecular formula is C27H31FN4O. The minimum absolute atomic E-state index is 0.000884. The fourth-order valence-corrected chi connectivity index (χ4v) is 5.22. The van der Waals surface area contributed by atoms with Crippen LogP contribution >= 0.6 is 0 Å². The predicted molar refractivity (Wildman–Crippen MR) is 129 cm³/mol. The van der Waals surface area contributed by atoms with Gasteiger partial charge in [-0.15, -0.1) is 0 Å². The summed E-state index contributed by atoms with van der Waals surface area (Å²) in [5, 5.41) is 0. The van der Waals surface area contributed by atoms with Crippen LogP contribution in [0.3, 0.4) is 0 Å². The molecule has 5 rings (SSSR count). The number of carbonyl (C=O) groups is 1. The molecule has 1 fully saturated rings. The summed E-state index contributed by atoms with van der Waals surface area (Å²) < 4.78 is 16.1. The third-order valence-corrected chi connectivity index (χ3v) is 6.90. The Balaban J connectivity index is 1.43. The highest BCUT2D eigenvalue weighted by atomic mass is 19.1. The standard InChI is InChI=1S/C27H31FN4O/c1-19-8-6-11-23(16-19)31-15-14-30(18-20(31)2)27(33)25-24-12-4-3-5-13-32(24)26(29-25)21-9-7-10-22(28)17-21/h6-11,16-17,20H,3-5,12-15,18H2,1-2H3. The van der Waals surface area contributed by atoms with Crippen molar-refractivity contribution in [2.24, 2.45) is 0 Å². The number of aryl methyl sites for hydroxylation is 1. The van der Waals surface area contributed by atoms with Crippen LogP contribution < -0.4 is 4.90 Å². The van der Waals surface area contributed by atoms with Crippen molar-refractivity contribution in [1.82, 2.24) is 14.5 Å². The minimum Gasteiger partial charge on any atom is -0.365 e. The fraction of sp³-hybridized carbons (Fsp3) is 0.407. The molecular weight excluding hydrogens is 415 g/mol. The summed E-state index contributed by atoms with van der Waals surface area (Å²) in [4.78, 5) is 22.8.